The number of methoxy groups -OCH3 is 1. The molecule has 0 spiro atoms. The third kappa shape index (κ3) is 10.7. The maximum atomic E-state index is 13.0. The van der Waals surface area contributed by atoms with Crippen LogP contribution in [0.1, 0.15) is 43.7 Å². The van der Waals surface area contributed by atoms with Crippen molar-refractivity contribution in [2.45, 2.75) is 44.7 Å². The summed E-state index contributed by atoms with van der Waals surface area (Å²) in [5, 5.41) is 18.6. The van der Waals surface area contributed by atoms with Crippen LogP contribution < -0.4 is 16.0 Å². The van der Waals surface area contributed by atoms with Crippen LogP contribution in [0.5, 0.6) is 0 Å². The highest BCUT2D eigenvalue weighted by Gasteiger charge is 2.26. The summed E-state index contributed by atoms with van der Waals surface area (Å²) in [6.45, 7) is 3.45. The standard InChI is InChI=1S/C32H42N8O3/c1-23(40(4)29(41)10-7-18-39(2)3)31(42)36-28-9-6-8-24(20-28)11-14-26-22-35-32(38-30(26)34-17-19-43-5)37-27-15-12-25(21-33)13-16-27/h7,10,12-13,15-16,22-24,28H,6,8-9,17-20H2,1-5H3,(H,36,42)(H2,34,35,37,38)/t23-,24-,28-/m0/s1. The summed E-state index contributed by atoms with van der Waals surface area (Å²) in [5.41, 5.74) is 2.01. The van der Waals surface area contributed by atoms with Crippen molar-refractivity contribution in [2.24, 2.45) is 5.92 Å². The molecular formula is C32H42N8O3. The first-order chi connectivity index (χ1) is 20.7. The Bertz CT molecular complexity index is 1360. The molecule has 1 aliphatic rings. The lowest BCUT2D eigenvalue weighted by Gasteiger charge is -2.30. The number of amides is 2. The van der Waals surface area contributed by atoms with E-state index in [1.54, 1.807) is 57.6 Å². The molecule has 1 heterocycles. The van der Waals surface area contributed by atoms with Crippen LogP contribution in [0.15, 0.2) is 42.6 Å². The van der Waals surface area contributed by atoms with E-state index in [4.69, 9.17) is 10.00 Å². The molecule has 0 unspecified atom stereocenters. The zero-order chi connectivity index (χ0) is 31.2. The zero-order valence-electron chi connectivity index (χ0n) is 25.7. The number of carbonyl (C=O) groups is 2. The van der Waals surface area contributed by atoms with Crippen LogP contribution >= 0.6 is 0 Å². The van der Waals surface area contributed by atoms with Gasteiger partial charge in [0.05, 0.1) is 30.0 Å². The van der Waals surface area contributed by atoms with Crippen LogP contribution in [-0.2, 0) is 14.3 Å². The second-order valence-corrected chi connectivity index (χ2v) is 10.8. The third-order valence-electron chi connectivity index (χ3n) is 7.13. The van der Waals surface area contributed by atoms with Crippen LogP contribution in [0, 0.1) is 29.1 Å². The number of nitrogens with zero attached hydrogens (tertiary/aromatic N) is 5. The summed E-state index contributed by atoms with van der Waals surface area (Å²) in [4.78, 5) is 37.9. The molecule has 3 atom stereocenters. The van der Waals surface area contributed by atoms with Gasteiger partial charge < -0.3 is 30.5 Å². The molecule has 1 saturated carbocycles. The number of hydrogen-bond acceptors (Lipinski definition) is 9. The molecule has 2 amide bonds. The molecule has 1 aromatic carbocycles. The second kappa shape index (κ2) is 16.9. The molecule has 0 radical (unpaired) electrons. The van der Waals surface area contributed by atoms with Gasteiger partial charge in [-0.3, -0.25) is 9.59 Å². The van der Waals surface area contributed by atoms with Gasteiger partial charge in [-0.25, -0.2) is 4.98 Å². The predicted octanol–water partition coefficient (Wildman–Crippen LogP) is 3.14. The molecular weight excluding hydrogens is 544 g/mol. The first kappa shape index (κ1) is 33.1. The maximum absolute atomic E-state index is 13.0. The number of carbonyl (C=O) groups excluding carboxylic acids is 2. The Morgan fingerprint density at radius 1 is 1.21 bits per heavy atom. The Balaban J connectivity index is 1.64. The molecule has 0 bridgehead atoms. The predicted molar refractivity (Wildman–Crippen MR) is 168 cm³/mol. The Morgan fingerprint density at radius 2 is 1.98 bits per heavy atom. The van der Waals surface area contributed by atoms with Crippen molar-refractivity contribution < 1.29 is 14.3 Å². The smallest absolute Gasteiger partial charge is 0.246 e. The fourth-order valence-corrected chi connectivity index (χ4v) is 4.50. The van der Waals surface area contributed by atoms with Gasteiger partial charge in [-0.2, -0.15) is 10.2 Å². The number of rotatable bonds is 12. The van der Waals surface area contributed by atoms with Crippen molar-refractivity contribution in [3.05, 3.63) is 53.7 Å². The van der Waals surface area contributed by atoms with E-state index in [2.05, 4.69) is 43.8 Å². The zero-order valence-corrected chi connectivity index (χ0v) is 25.7. The minimum Gasteiger partial charge on any atom is -0.383 e. The van der Waals surface area contributed by atoms with Crippen LogP contribution in [0.25, 0.3) is 0 Å². The average Bonchev–Trinajstić information content (AvgIpc) is 3.00. The van der Waals surface area contributed by atoms with E-state index in [-0.39, 0.29) is 23.8 Å². The normalized spacial score (nSPS) is 17.0. The summed E-state index contributed by atoms with van der Waals surface area (Å²) >= 11 is 0. The SMILES string of the molecule is COCCNc1nc(Nc2ccc(C#N)cc2)ncc1C#C[C@@H]1CCC[C@H](NC(=O)[C@H](C)N(C)C(=O)C=CCN(C)C)C1. The first-order valence-electron chi connectivity index (χ1n) is 14.5. The lowest BCUT2D eigenvalue weighted by atomic mass is 9.86. The topological polar surface area (TPSA) is 136 Å². The molecule has 3 N–H and O–H groups in total. The van der Waals surface area contributed by atoms with Crippen LogP contribution in [0.2, 0.25) is 0 Å². The molecule has 2 aromatic rings. The van der Waals surface area contributed by atoms with Gasteiger partial charge in [0.2, 0.25) is 17.8 Å². The van der Waals surface area contributed by atoms with Gasteiger partial charge in [0.1, 0.15) is 11.9 Å². The number of aromatic nitrogens is 2. The van der Waals surface area contributed by atoms with Crippen molar-refractivity contribution in [1.29, 1.82) is 5.26 Å². The molecule has 1 fully saturated rings. The Labute approximate surface area is 254 Å². The molecule has 0 saturated heterocycles. The van der Waals surface area contributed by atoms with Gasteiger partial charge >= 0.3 is 0 Å². The van der Waals surface area contributed by atoms with Crippen molar-refractivity contribution in [2.75, 3.05) is 58.6 Å². The molecule has 3 rings (SSSR count). The van der Waals surface area contributed by atoms with Gasteiger partial charge in [0.25, 0.3) is 0 Å². The number of nitriles is 1. The Kier molecular flexibility index (Phi) is 13.0. The molecule has 228 valence electrons. The van der Waals surface area contributed by atoms with Crippen molar-refractivity contribution in [3.8, 4) is 17.9 Å². The molecule has 11 heteroatoms. The van der Waals surface area contributed by atoms with E-state index in [1.807, 2.05) is 19.0 Å². The lowest BCUT2D eigenvalue weighted by Crippen LogP contribution is -2.49. The minimum atomic E-state index is -0.586. The fourth-order valence-electron chi connectivity index (χ4n) is 4.50. The van der Waals surface area contributed by atoms with Crippen LogP contribution in [-0.4, -0.2) is 91.6 Å². The average molecular weight is 587 g/mol. The van der Waals surface area contributed by atoms with E-state index in [0.717, 1.165) is 31.4 Å². The maximum Gasteiger partial charge on any atom is 0.246 e. The highest BCUT2D eigenvalue weighted by molar-refractivity contribution is 5.92. The minimum absolute atomic E-state index is 0.00895. The summed E-state index contributed by atoms with van der Waals surface area (Å²) in [5.74, 6) is 7.36. The second-order valence-electron chi connectivity index (χ2n) is 10.8. The van der Waals surface area contributed by atoms with E-state index < -0.39 is 6.04 Å². The van der Waals surface area contributed by atoms with E-state index in [1.165, 1.54) is 11.0 Å². The molecule has 0 aliphatic heterocycles. The number of benzene rings is 1. The molecule has 11 nitrogen and oxygen atoms in total. The summed E-state index contributed by atoms with van der Waals surface area (Å²) in [6.07, 6.45) is 8.48. The van der Waals surface area contributed by atoms with Crippen LogP contribution in [0.4, 0.5) is 17.5 Å². The van der Waals surface area contributed by atoms with E-state index in [9.17, 15) is 9.59 Å². The summed E-state index contributed by atoms with van der Waals surface area (Å²) < 4.78 is 5.17. The van der Waals surface area contributed by atoms with Crippen molar-refractivity contribution >= 4 is 29.3 Å². The van der Waals surface area contributed by atoms with Crippen LogP contribution in [0.3, 0.4) is 0 Å². The lowest BCUT2D eigenvalue weighted by molar-refractivity contribution is -0.135. The fraction of sp³-hybridized carbons (Fsp3) is 0.469. The summed E-state index contributed by atoms with van der Waals surface area (Å²) in [6, 6.07) is 8.56. The van der Waals surface area contributed by atoms with E-state index >= 15 is 0 Å². The highest BCUT2D eigenvalue weighted by Crippen LogP contribution is 2.25. The van der Waals surface area contributed by atoms with E-state index in [0.29, 0.717) is 42.6 Å². The third-order valence-corrected chi connectivity index (χ3v) is 7.13. The molecule has 1 aromatic heterocycles. The number of hydrogen-bond donors (Lipinski definition) is 3. The molecule has 1 aliphatic carbocycles. The first-order valence-corrected chi connectivity index (χ1v) is 14.5. The van der Waals surface area contributed by atoms with Gasteiger partial charge in [0, 0.05) is 51.0 Å². The number of ether oxygens (including phenoxy) is 1. The van der Waals surface area contributed by atoms with Gasteiger partial charge in [-0.1, -0.05) is 24.3 Å². The Morgan fingerprint density at radius 3 is 2.67 bits per heavy atom. The van der Waals surface area contributed by atoms with Crippen molar-refractivity contribution in [3.63, 3.8) is 0 Å². The van der Waals surface area contributed by atoms with Gasteiger partial charge in [-0.15, -0.1) is 0 Å². The van der Waals surface area contributed by atoms with Crippen molar-refractivity contribution in [1.82, 2.24) is 25.1 Å². The summed E-state index contributed by atoms with van der Waals surface area (Å²) in [7, 11) is 7.14. The monoisotopic (exact) mass is 586 g/mol. The number of likely N-dealkylation sites (N-methyl/N-ethyl adjacent to an activating group) is 2. The molecule has 43 heavy (non-hydrogen) atoms. The quantitative estimate of drug-likeness (QED) is 0.195. The number of nitrogens with one attached hydrogen (secondary N) is 3. The number of anilines is 3. The van der Waals surface area contributed by atoms with Gasteiger partial charge in [-0.05, 0) is 64.5 Å². The van der Waals surface area contributed by atoms with Gasteiger partial charge in [0.15, 0.2) is 0 Å². The highest BCUT2D eigenvalue weighted by atomic mass is 16.5. The Hall–Kier alpha value is -4.45. The largest absolute Gasteiger partial charge is 0.383 e.